The third kappa shape index (κ3) is 2.61. The molecule has 0 unspecified atom stereocenters. The van der Waals surface area contributed by atoms with Gasteiger partial charge in [-0.05, 0) is 12.1 Å². The summed E-state index contributed by atoms with van der Waals surface area (Å²) in [6.07, 6.45) is -0.538. The van der Waals surface area contributed by atoms with E-state index in [4.69, 9.17) is 5.11 Å². The lowest BCUT2D eigenvalue weighted by Gasteiger charge is -2.36. The maximum atomic E-state index is 12.9. The number of hydrogen-bond acceptors (Lipinski definition) is 4. The predicted molar refractivity (Wildman–Crippen MR) is 74.7 cm³/mol. The van der Waals surface area contributed by atoms with E-state index in [1.807, 2.05) is 0 Å². The topological polar surface area (TPSA) is 67.2 Å². The minimum absolute atomic E-state index is 0.0715. The number of fused-ring (bicyclic) bond motifs is 1. The van der Waals surface area contributed by atoms with Gasteiger partial charge in [-0.3, -0.25) is 9.36 Å². The minimum Gasteiger partial charge on any atom is -0.395 e. The molecule has 21 heavy (non-hydrogen) atoms. The molecule has 5 nitrogen and oxygen atoms in total. The molecule has 0 aliphatic heterocycles. The van der Waals surface area contributed by atoms with Crippen LogP contribution in [0, 0.1) is 0 Å². The van der Waals surface area contributed by atoms with Gasteiger partial charge in [-0.1, -0.05) is 12.1 Å². The van der Waals surface area contributed by atoms with E-state index in [0.717, 1.165) is 0 Å². The number of hydrogen-bond donors (Lipinski definition) is 2. The van der Waals surface area contributed by atoms with Crippen molar-refractivity contribution in [3.63, 3.8) is 0 Å². The van der Waals surface area contributed by atoms with Crippen molar-refractivity contribution in [3.05, 3.63) is 34.6 Å². The lowest BCUT2D eigenvalue weighted by atomic mass is 9.88. The fourth-order valence-electron chi connectivity index (χ4n) is 2.53. The van der Waals surface area contributed by atoms with Gasteiger partial charge in [-0.15, -0.1) is 0 Å². The smallest absolute Gasteiger partial charge is 0.262 e. The molecule has 1 saturated carbocycles. The molecule has 2 N–H and O–H groups in total. The van der Waals surface area contributed by atoms with Crippen molar-refractivity contribution in [3.8, 4) is 0 Å². The maximum absolute atomic E-state index is 12.9. The Morgan fingerprint density at radius 3 is 2.76 bits per heavy atom. The Hall–Kier alpha value is -2.02. The quantitative estimate of drug-likeness (QED) is 0.899. The van der Waals surface area contributed by atoms with Crippen LogP contribution in [0.25, 0.3) is 10.9 Å². The monoisotopic (exact) mass is 295 g/mol. The molecule has 7 heteroatoms. The highest BCUT2D eigenvalue weighted by Gasteiger charge is 2.45. The summed E-state index contributed by atoms with van der Waals surface area (Å²) in [5.74, 6) is -2.41. The second-order valence-corrected chi connectivity index (χ2v) is 5.24. The highest BCUT2D eigenvalue weighted by atomic mass is 19.3. The maximum Gasteiger partial charge on any atom is 0.262 e. The van der Waals surface area contributed by atoms with Crippen LogP contribution in [-0.2, 0) is 6.54 Å². The Morgan fingerprint density at radius 2 is 2.10 bits per heavy atom. The van der Waals surface area contributed by atoms with Crippen molar-refractivity contribution >= 4 is 16.9 Å². The van der Waals surface area contributed by atoms with E-state index in [-0.39, 0.29) is 37.5 Å². The zero-order valence-electron chi connectivity index (χ0n) is 11.2. The van der Waals surface area contributed by atoms with Gasteiger partial charge in [0.1, 0.15) is 0 Å². The van der Waals surface area contributed by atoms with Crippen LogP contribution in [0.3, 0.4) is 0 Å². The Bertz CT molecular complexity index is 722. The van der Waals surface area contributed by atoms with Gasteiger partial charge in [-0.2, -0.15) is 0 Å². The van der Waals surface area contributed by atoms with Gasteiger partial charge >= 0.3 is 0 Å². The van der Waals surface area contributed by atoms with Crippen molar-refractivity contribution in [2.24, 2.45) is 0 Å². The molecule has 3 rings (SSSR count). The second kappa shape index (κ2) is 5.07. The van der Waals surface area contributed by atoms with E-state index in [9.17, 15) is 13.6 Å². The summed E-state index contributed by atoms with van der Waals surface area (Å²) in [5.41, 5.74) is 0.216. The van der Waals surface area contributed by atoms with Crippen molar-refractivity contribution in [2.75, 3.05) is 11.9 Å². The van der Waals surface area contributed by atoms with Crippen molar-refractivity contribution in [2.45, 2.75) is 31.4 Å². The van der Waals surface area contributed by atoms with Crippen molar-refractivity contribution < 1.29 is 13.9 Å². The van der Waals surface area contributed by atoms with E-state index in [0.29, 0.717) is 10.9 Å². The Labute approximate surface area is 119 Å². The molecule has 0 bridgehead atoms. The number of para-hydroxylation sites is 1. The highest BCUT2D eigenvalue weighted by molar-refractivity contribution is 5.78. The van der Waals surface area contributed by atoms with E-state index in [1.165, 1.54) is 4.57 Å². The summed E-state index contributed by atoms with van der Waals surface area (Å²) in [4.78, 5) is 16.7. The van der Waals surface area contributed by atoms with Crippen molar-refractivity contribution in [1.82, 2.24) is 9.55 Å². The summed E-state index contributed by atoms with van der Waals surface area (Å²) in [6, 6.07) is 6.43. The standard InChI is InChI=1S/C14H15F2N3O2/c15-14(16)7-9(8-14)17-13-18-11-4-2-1-3-10(11)12(21)19(13)5-6-20/h1-4,9,20H,5-8H2,(H,17,18). The first-order chi connectivity index (χ1) is 10.00. The van der Waals surface area contributed by atoms with Gasteiger partial charge in [0.2, 0.25) is 5.95 Å². The number of aliphatic hydroxyl groups is 1. The van der Waals surface area contributed by atoms with E-state index >= 15 is 0 Å². The van der Waals surface area contributed by atoms with Crippen LogP contribution in [0.5, 0.6) is 0 Å². The molecule has 2 aromatic rings. The molecule has 0 radical (unpaired) electrons. The first-order valence-electron chi connectivity index (χ1n) is 6.75. The van der Waals surface area contributed by atoms with E-state index in [1.54, 1.807) is 24.3 Å². The predicted octanol–water partition coefficient (Wildman–Crippen LogP) is 1.60. The lowest BCUT2D eigenvalue weighted by Crippen LogP contribution is -2.45. The minimum atomic E-state index is -2.64. The largest absolute Gasteiger partial charge is 0.395 e. The number of benzene rings is 1. The third-order valence-electron chi connectivity index (χ3n) is 3.61. The summed E-state index contributed by atoms with van der Waals surface area (Å²) in [7, 11) is 0. The van der Waals surface area contributed by atoms with E-state index in [2.05, 4.69) is 10.3 Å². The number of aliphatic hydroxyl groups excluding tert-OH is 1. The number of nitrogens with zero attached hydrogens (tertiary/aromatic N) is 2. The molecule has 1 fully saturated rings. The van der Waals surface area contributed by atoms with E-state index < -0.39 is 12.0 Å². The van der Waals surface area contributed by atoms with Crippen LogP contribution in [0.1, 0.15) is 12.8 Å². The fourth-order valence-corrected chi connectivity index (χ4v) is 2.53. The molecule has 0 atom stereocenters. The molecule has 0 amide bonds. The number of anilines is 1. The molecule has 0 spiro atoms. The van der Waals surface area contributed by atoms with Crippen molar-refractivity contribution in [1.29, 1.82) is 0 Å². The summed E-state index contributed by atoms with van der Waals surface area (Å²) < 4.78 is 27.1. The molecule has 0 saturated heterocycles. The average molecular weight is 295 g/mol. The first-order valence-corrected chi connectivity index (χ1v) is 6.75. The Morgan fingerprint density at radius 1 is 1.38 bits per heavy atom. The zero-order valence-corrected chi connectivity index (χ0v) is 11.2. The van der Waals surface area contributed by atoms with Crippen LogP contribution in [-0.4, -0.2) is 33.2 Å². The molecule has 112 valence electrons. The van der Waals surface area contributed by atoms with Gasteiger partial charge in [0, 0.05) is 18.9 Å². The normalized spacial score (nSPS) is 17.7. The Kier molecular flexibility index (Phi) is 3.36. The van der Waals surface area contributed by atoms with Gasteiger partial charge in [0.25, 0.3) is 11.5 Å². The zero-order chi connectivity index (χ0) is 15.0. The van der Waals surface area contributed by atoms with Gasteiger partial charge in [0.15, 0.2) is 0 Å². The van der Waals surface area contributed by atoms with Gasteiger partial charge in [0.05, 0.1) is 24.1 Å². The molecule has 1 aliphatic rings. The third-order valence-corrected chi connectivity index (χ3v) is 3.61. The van der Waals surface area contributed by atoms with Crippen LogP contribution in [0.2, 0.25) is 0 Å². The average Bonchev–Trinajstić information content (AvgIpc) is 2.41. The number of nitrogens with one attached hydrogen (secondary N) is 1. The number of rotatable bonds is 4. The molecular formula is C14H15F2N3O2. The van der Waals surface area contributed by atoms with Crippen LogP contribution < -0.4 is 10.9 Å². The number of halogens is 2. The number of aromatic nitrogens is 2. The van der Waals surface area contributed by atoms with Crippen LogP contribution in [0.4, 0.5) is 14.7 Å². The fraction of sp³-hybridized carbons (Fsp3) is 0.429. The summed E-state index contributed by atoms with van der Waals surface area (Å²) in [5, 5.41) is 12.4. The van der Waals surface area contributed by atoms with Gasteiger partial charge < -0.3 is 10.4 Å². The van der Waals surface area contributed by atoms with Crippen LogP contribution in [0.15, 0.2) is 29.1 Å². The highest BCUT2D eigenvalue weighted by Crippen LogP contribution is 2.38. The van der Waals surface area contributed by atoms with Crippen LogP contribution >= 0.6 is 0 Å². The molecule has 1 aromatic heterocycles. The lowest BCUT2D eigenvalue weighted by molar-refractivity contribution is -0.0795. The SMILES string of the molecule is O=c1c2ccccc2nc(NC2CC(F)(F)C2)n1CCO. The molecular weight excluding hydrogens is 280 g/mol. The molecule has 1 aliphatic carbocycles. The first kappa shape index (κ1) is 13.9. The number of alkyl halides is 2. The molecule has 1 aromatic carbocycles. The summed E-state index contributed by atoms with van der Waals surface area (Å²) in [6.45, 7) is -0.155. The summed E-state index contributed by atoms with van der Waals surface area (Å²) >= 11 is 0. The second-order valence-electron chi connectivity index (χ2n) is 5.24. The Balaban J connectivity index is 2.00. The van der Waals surface area contributed by atoms with Gasteiger partial charge in [-0.25, -0.2) is 13.8 Å². The molecule has 1 heterocycles.